The van der Waals surface area contributed by atoms with Gasteiger partial charge in [-0.25, -0.2) is 13.4 Å². The molecule has 0 radical (unpaired) electrons. The molecule has 0 spiro atoms. The molecular weight excluding hydrogens is 475 g/mol. The monoisotopic (exact) mass is 491 g/mol. The smallest absolute Gasteiger partial charge is 0.438 e. The molecule has 0 saturated heterocycles. The first-order valence-corrected chi connectivity index (χ1v) is 11.1. The van der Waals surface area contributed by atoms with Crippen molar-refractivity contribution in [3.8, 4) is 23.2 Å². The Kier molecular flexibility index (Phi) is 6.11. The minimum Gasteiger partial charge on any atom is -0.438 e. The van der Waals surface area contributed by atoms with Gasteiger partial charge in [-0.15, -0.1) is 23.4 Å². The first kappa shape index (κ1) is 23.0. The fraction of sp³-hybridized carbons (Fsp3) is 0.0952. The lowest BCUT2D eigenvalue weighted by atomic mass is 10.3. The summed E-state index contributed by atoms with van der Waals surface area (Å²) in [5.41, 5.74) is 0.222. The number of nitrogens with one attached hydrogen (secondary N) is 1. The standard InChI is InChI=1S/C21H16F3N5O4S/c1-14-25-12-13-29(14)19-10-11-20(27-26-19)32-16-4-2-15(3-5-16)28-34(30,31)18-8-6-17(7-9-18)33-21(22,23)24/h2-13,28H,1H3. The summed E-state index contributed by atoms with van der Waals surface area (Å²) < 4.78 is 75.2. The molecule has 0 saturated carbocycles. The summed E-state index contributed by atoms with van der Waals surface area (Å²) in [4.78, 5) is 3.89. The van der Waals surface area contributed by atoms with Gasteiger partial charge in [0.15, 0.2) is 5.82 Å². The first-order valence-electron chi connectivity index (χ1n) is 9.60. The number of alkyl halides is 3. The number of benzene rings is 2. The number of aryl methyl sites for hydroxylation is 1. The van der Waals surface area contributed by atoms with Gasteiger partial charge in [0.2, 0.25) is 5.88 Å². The highest BCUT2D eigenvalue weighted by atomic mass is 32.2. The molecule has 2 aromatic heterocycles. The number of hydrogen-bond acceptors (Lipinski definition) is 7. The number of aromatic nitrogens is 4. The normalized spacial score (nSPS) is 11.8. The van der Waals surface area contributed by atoms with Gasteiger partial charge in [0.25, 0.3) is 10.0 Å². The highest BCUT2D eigenvalue weighted by Crippen LogP contribution is 2.26. The van der Waals surface area contributed by atoms with Gasteiger partial charge in [-0.1, -0.05) is 0 Å². The summed E-state index contributed by atoms with van der Waals surface area (Å²) in [6, 6.07) is 13.2. The Hall–Kier alpha value is -4.13. The van der Waals surface area contributed by atoms with Gasteiger partial charge in [0.1, 0.15) is 17.3 Å². The lowest BCUT2D eigenvalue weighted by molar-refractivity contribution is -0.274. The Morgan fingerprint density at radius 2 is 1.59 bits per heavy atom. The van der Waals surface area contributed by atoms with Gasteiger partial charge in [0, 0.05) is 24.1 Å². The Labute approximate surface area is 191 Å². The Balaban J connectivity index is 1.40. The molecule has 0 unspecified atom stereocenters. The number of rotatable bonds is 7. The molecule has 0 aliphatic rings. The van der Waals surface area contributed by atoms with Crippen LogP contribution >= 0.6 is 0 Å². The third-order valence-electron chi connectivity index (χ3n) is 4.40. The highest BCUT2D eigenvalue weighted by molar-refractivity contribution is 7.92. The van der Waals surface area contributed by atoms with E-state index in [1.807, 2.05) is 6.92 Å². The van der Waals surface area contributed by atoms with E-state index in [1.54, 1.807) is 29.1 Å². The van der Waals surface area contributed by atoms with Crippen molar-refractivity contribution in [1.82, 2.24) is 19.7 Å². The van der Waals surface area contributed by atoms with Crippen LogP contribution < -0.4 is 14.2 Å². The summed E-state index contributed by atoms with van der Waals surface area (Å²) in [7, 11) is -4.03. The van der Waals surface area contributed by atoms with Gasteiger partial charge in [-0.05, 0) is 61.5 Å². The minimum absolute atomic E-state index is 0.222. The minimum atomic E-state index is -4.87. The summed E-state index contributed by atoms with van der Waals surface area (Å²) in [5, 5.41) is 8.10. The molecule has 0 aliphatic carbocycles. The van der Waals surface area contributed by atoms with Crippen LogP contribution in [0.1, 0.15) is 5.82 Å². The predicted molar refractivity (Wildman–Crippen MR) is 114 cm³/mol. The van der Waals surface area contributed by atoms with E-state index in [0.29, 0.717) is 11.6 Å². The Bertz CT molecular complexity index is 1370. The predicted octanol–water partition coefficient (Wildman–Crippen LogP) is 4.46. The van der Waals surface area contributed by atoms with E-state index >= 15 is 0 Å². The molecule has 2 aromatic carbocycles. The van der Waals surface area contributed by atoms with E-state index in [9.17, 15) is 21.6 Å². The molecule has 176 valence electrons. The van der Waals surface area contributed by atoms with Gasteiger partial charge in [-0.3, -0.25) is 9.29 Å². The Morgan fingerprint density at radius 3 is 2.15 bits per heavy atom. The van der Waals surface area contributed by atoms with Gasteiger partial charge in [0.05, 0.1) is 4.90 Å². The maximum absolute atomic E-state index is 12.5. The van der Waals surface area contributed by atoms with Crippen molar-refractivity contribution in [3.05, 3.63) is 78.9 Å². The molecule has 0 fully saturated rings. The first-order chi connectivity index (χ1) is 16.1. The fourth-order valence-corrected chi connectivity index (χ4v) is 3.92. The quantitative estimate of drug-likeness (QED) is 0.407. The third kappa shape index (κ3) is 5.61. The van der Waals surface area contributed by atoms with Crippen molar-refractivity contribution in [2.45, 2.75) is 18.2 Å². The van der Waals surface area contributed by atoms with Crippen molar-refractivity contribution in [1.29, 1.82) is 0 Å². The topological polar surface area (TPSA) is 108 Å². The number of halogens is 3. The maximum Gasteiger partial charge on any atom is 0.573 e. The molecule has 0 bridgehead atoms. The van der Waals surface area contributed by atoms with Crippen molar-refractivity contribution < 1.29 is 31.1 Å². The Morgan fingerprint density at radius 1 is 0.912 bits per heavy atom. The van der Waals surface area contributed by atoms with Crippen LogP contribution in [-0.2, 0) is 10.0 Å². The lowest BCUT2D eigenvalue weighted by Crippen LogP contribution is -2.17. The summed E-state index contributed by atoms with van der Waals surface area (Å²) in [6.45, 7) is 1.83. The molecule has 0 atom stereocenters. The lowest BCUT2D eigenvalue weighted by Gasteiger charge is -2.11. The summed E-state index contributed by atoms with van der Waals surface area (Å²) >= 11 is 0. The van der Waals surface area contributed by atoms with Gasteiger partial charge >= 0.3 is 6.36 Å². The van der Waals surface area contributed by atoms with E-state index in [0.717, 1.165) is 30.1 Å². The average molecular weight is 491 g/mol. The molecule has 1 N–H and O–H groups in total. The molecule has 2 heterocycles. The number of ether oxygens (including phenoxy) is 2. The van der Waals surface area contributed by atoms with Crippen LogP contribution in [0.4, 0.5) is 18.9 Å². The highest BCUT2D eigenvalue weighted by Gasteiger charge is 2.31. The van der Waals surface area contributed by atoms with Crippen LogP contribution in [0.15, 0.2) is 78.0 Å². The number of sulfonamides is 1. The average Bonchev–Trinajstić information content (AvgIpc) is 3.21. The number of nitrogens with zero attached hydrogens (tertiary/aromatic N) is 4. The third-order valence-corrected chi connectivity index (χ3v) is 5.79. The van der Waals surface area contributed by atoms with Crippen LogP contribution in [-0.4, -0.2) is 34.5 Å². The molecule has 34 heavy (non-hydrogen) atoms. The van der Waals surface area contributed by atoms with Crippen molar-refractivity contribution in [3.63, 3.8) is 0 Å². The van der Waals surface area contributed by atoms with Crippen molar-refractivity contribution in [2.75, 3.05) is 4.72 Å². The van der Waals surface area contributed by atoms with E-state index in [4.69, 9.17) is 4.74 Å². The van der Waals surface area contributed by atoms with Crippen LogP contribution in [0.2, 0.25) is 0 Å². The van der Waals surface area contributed by atoms with Gasteiger partial charge in [-0.2, -0.15) is 0 Å². The molecule has 4 aromatic rings. The number of imidazole rings is 1. The van der Waals surface area contributed by atoms with E-state index in [2.05, 4.69) is 24.6 Å². The van der Waals surface area contributed by atoms with Gasteiger partial charge < -0.3 is 9.47 Å². The van der Waals surface area contributed by atoms with Crippen LogP contribution in [0, 0.1) is 6.92 Å². The largest absolute Gasteiger partial charge is 0.573 e. The van der Waals surface area contributed by atoms with Crippen LogP contribution in [0.25, 0.3) is 5.82 Å². The van der Waals surface area contributed by atoms with Crippen LogP contribution in [0.3, 0.4) is 0 Å². The number of hydrogen-bond donors (Lipinski definition) is 1. The van der Waals surface area contributed by atoms with Crippen molar-refractivity contribution in [2.24, 2.45) is 0 Å². The molecule has 4 rings (SSSR count). The zero-order valence-corrected chi connectivity index (χ0v) is 18.2. The zero-order valence-electron chi connectivity index (χ0n) is 17.4. The fourth-order valence-electron chi connectivity index (χ4n) is 2.86. The molecule has 0 amide bonds. The zero-order chi connectivity index (χ0) is 24.3. The van der Waals surface area contributed by atoms with Crippen LogP contribution in [0.5, 0.6) is 17.4 Å². The second-order valence-corrected chi connectivity index (χ2v) is 8.51. The maximum atomic E-state index is 12.5. The second-order valence-electron chi connectivity index (χ2n) is 6.83. The number of anilines is 1. The van der Waals surface area contributed by atoms with E-state index in [1.165, 1.54) is 24.3 Å². The SMILES string of the molecule is Cc1nccn1-c1ccc(Oc2ccc(NS(=O)(=O)c3ccc(OC(F)(F)F)cc3)cc2)nn1. The van der Waals surface area contributed by atoms with Crippen molar-refractivity contribution >= 4 is 15.7 Å². The van der Waals surface area contributed by atoms with E-state index in [-0.39, 0.29) is 16.5 Å². The molecule has 9 nitrogen and oxygen atoms in total. The van der Waals surface area contributed by atoms with E-state index < -0.39 is 22.1 Å². The molecule has 13 heteroatoms. The molecular formula is C21H16F3N5O4S. The summed E-state index contributed by atoms with van der Waals surface area (Å²) in [6.07, 6.45) is -1.46. The summed E-state index contributed by atoms with van der Waals surface area (Å²) in [5.74, 6) is 1.43. The second kappa shape index (κ2) is 9.02. The molecule has 0 aliphatic heterocycles.